The highest BCUT2D eigenvalue weighted by Crippen LogP contribution is 2.33. The Hall–Kier alpha value is -3.00. The first kappa shape index (κ1) is 23.7. The summed E-state index contributed by atoms with van der Waals surface area (Å²) in [7, 11) is 0. The number of pyridine rings is 1. The van der Waals surface area contributed by atoms with Gasteiger partial charge in [-0.3, -0.25) is 9.88 Å². The Morgan fingerprint density at radius 3 is 2.34 bits per heavy atom. The Morgan fingerprint density at radius 1 is 0.914 bits per heavy atom. The van der Waals surface area contributed by atoms with E-state index in [9.17, 15) is 13.2 Å². The maximum Gasteiger partial charge on any atom is 0.573 e. The highest BCUT2D eigenvalue weighted by Gasteiger charge is 2.37. The predicted octanol–water partition coefficient (Wildman–Crippen LogP) is 6.18. The summed E-state index contributed by atoms with van der Waals surface area (Å²) in [5, 5.41) is 1.16. The number of piperidine rings is 1. The van der Waals surface area contributed by atoms with Gasteiger partial charge in [0.2, 0.25) is 0 Å². The highest BCUT2D eigenvalue weighted by molar-refractivity contribution is 5.85. The maximum atomic E-state index is 12.5. The minimum absolute atomic E-state index is 0.107. The van der Waals surface area contributed by atoms with Gasteiger partial charge in [0.25, 0.3) is 0 Å². The second kappa shape index (κ2) is 9.22. The van der Waals surface area contributed by atoms with Gasteiger partial charge in [-0.25, -0.2) is 0 Å². The van der Waals surface area contributed by atoms with E-state index in [-0.39, 0.29) is 11.3 Å². The first-order valence-corrected chi connectivity index (χ1v) is 12.2. The normalized spacial score (nSPS) is 18.9. The van der Waals surface area contributed by atoms with E-state index in [4.69, 9.17) is 0 Å². The third kappa shape index (κ3) is 5.32. The molecule has 0 amide bonds. The quantitative estimate of drug-likeness (QED) is 0.432. The van der Waals surface area contributed by atoms with Gasteiger partial charge in [-0.1, -0.05) is 6.07 Å². The zero-order chi connectivity index (χ0) is 24.6. The molecule has 2 fully saturated rings. The third-order valence-electron chi connectivity index (χ3n) is 7.11. The summed E-state index contributed by atoms with van der Waals surface area (Å²) in [5.74, 6) is -0.205. The number of nitrogens with zero attached hydrogens (tertiary/aromatic N) is 4. The summed E-state index contributed by atoms with van der Waals surface area (Å²) >= 11 is 0. The number of rotatable bonds is 5. The first-order valence-electron chi connectivity index (χ1n) is 12.2. The van der Waals surface area contributed by atoms with Crippen molar-refractivity contribution >= 4 is 22.3 Å². The Kier molecular flexibility index (Phi) is 6.25. The van der Waals surface area contributed by atoms with Crippen LogP contribution in [0.1, 0.15) is 38.7 Å². The molecular weight excluding hydrogens is 453 g/mol. The molecule has 3 heterocycles. The van der Waals surface area contributed by atoms with Gasteiger partial charge < -0.3 is 14.5 Å². The van der Waals surface area contributed by atoms with Gasteiger partial charge in [0.15, 0.2) is 0 Å². The smallest absolute Gasteiger partial charge is 0.406 e. The van der Waals surface area contributed by atoms with Crippen LogP contribution in [-0.2, 0) is 6.54 Å². The molecule has 0 aliphatic carbocycles. The van der Waals surface area contributed by atoms with Crippen LogP contribution in [0.2, 0.25) is 0 Å². The number of hydrogen-bond donors (Lipinski definition) is 0. The third-order valence-corrected chi connectivity index (χ3v) is 7.11. The van der Waals surface area contributed by atoms with Gasteiger partial charge in [-0.2, -0.15) is 0 Å². The lowest BCUT2D eigenvalue weighted by atomic mass is 10.0. The standard InChI is InChI=1S/C27H31F3N4O/c1-26(2)18-33(21-6-9-23(10-7-21)35-27(28,29)30)19-34(26)17-20-12-13-31-25-16-22(8-11-24(20)25)32-14-4-3-5-15-32/h6-13,16H,3-5,14-15,17-19H2,1-2H3. The second-order valence-corrected chi connectivity index (χ2v) is 10.1. The molecule has 186 valence electrons. The fourth-order valence-corrected chi connectivity index (χ4v) is 5.20. The maximum absolute atomic E-state index is 12.5. The predicted molar refractivity (Wildman–Crippen MR) is 133 cm³/mol. The van der Waals surface area contributed by atoms with Crippen molar-refractivity contribution < 1.29 is 17.9 Å². The molecule has 5 rings (SSSR count). The molecule has 3 aromatic rings. The summed E-state index contributed by atoms with van der Waals surface area (Å²) in [5.41, 5.74) is 4.25. The summed E-state index contributed by atoms with van der Waals surface area (Å²) in [4.78, 5) is 11.7. The van der Waals surface area contributed by atoms with Crippen molar-refractivity contribution in [3.05, 3.63) is 60.3 Å². The number of aromatic nitrogens is 1. The lowest BCUT2D eigenvalue weighted by Gasteiger charge is -2.30. The molecule has 0 spiro atoms. The summed E-state index contributed by atoms with van der Waals surface area (Å²) < 4.78 is 41.5. The molecule has 0 unspecified atom stereocenters. The molecule has 8 heteroatoms. The molecule has 0 atom stereocenters. The molecule has 0 radical (unpaired) electrons. The van der Waals surface area contributed by atoms with Gasteiger partial charge in [-0.15, -0.1) is 13.2 Å². The van der Waals surface area contributed by atoms with Crippen LogP contribution in [0, 0.1) is 0 Å². The van der Waals surface area contributed by atoms with Crippen LogP contribution in [0.3, 0.4) is 0 Å². The Balaban J connectivity index is 1.32. The Bertz CT molecular complexity index is 1170. The fourth-order valence-electron chi connectivity index (χ4n) is 5.20. The van der Waals surface area contributed by atoms with Crippen molar-refractivity contribution in [1.82, 2.24) is 9.88 Å². The lowest BCUT2D eigenvalue weighted by molar-refractivity contribution is -0.274. The summed E-state index contributed by atoms with van der Waals surface area (Å²) in [6.45, 7) is 8.83. The van der Waals surface area contributed by atoms with Crippen LogP contribution in [0.4, 0.5) is 24.5 Å². The summed E-state index contributed by atoms with van der Waals surface area (Å²) in [6.07, 6.45) is 0.989. The molecular formula is C27H31F3N4O. The van der Waals surface area contributed by atoms with Gasteiger partial charge in [0.1, 0.15) is 5.75 Å². The largest absolute Gasteiger partial charge is 0.573 e. The molecule has 35 heavy (non-hydrogen) atoms. The van der Waals surface area contributed by atoms with E-state index >= 15 is 0 Å². The van der Waals surface area contributed by atoms with E-state index in [0.29, 0.717) is 6.67 Å². The second-order valence-electron chi connectivity index (χ2n) is 10.1. The van der Waals surface area contributed by atoms with Crippen molar-refractivity contribution in [3.8, 4) is 5.75 Å². The van der Waals surface area contributed by atoms with E-state index in [1.165, 1.54) is 42.6 Å². The van der Waals surface area contributed by atoms with Crippen LogP contribution in [-0.4, -0.2) is 48.1 Å². The molecule has 2 aromatic carbocycles. The SMILES string of the molecule is CC1(C)CN(c2ccc(OC(F)(F)F)cc2)CN1Cc1ccnc2cc(N3CCCCC3)ccc12. The van der Waals surface area contributed by atoms with E-state index in [2.05, 4.69) is 62.5 Å². The van der Waals surface area contributed by atoms with Crippen LogP contribution in [0.5, 0.6) is 5.75 Å². The number of ether oxygens (including phenoxy) is 1. The number of halogens is 3. The molecule has 2 aliphatic rings. The fraction of sp³-hybridized carbons (Fsp3) is 0.444. The van der Waals surface area contributed by atoms with Crippen molar-refractivity contribution in [1.29, 1.82) is 0 Å². The molecule has 1 aromatic heterocycles. The van der Waals surface area contributed by atoms with Crippen molar-refractivity contribution in [2.75, 3.05) is 36.1 Å². The number of fused-ring (bicyclic) bond motifs is 1. The number of benzene rings is 2. The minimum atomic E-state index is -4.68. The van der Waals surface area contributed by atoms with Gasteiger partial charge in [0.05, 0.1) is 12.2 Å². The monoisotopic (exact) mass is 484 g/mol. The van der Waals surface area contributed by atoms with Gasteiger partial charge >= 0.3 is 6.36 Å². The van der Waals surface area contributed by atoms with E-state index in [1.54, 1.807) is 12.1 Å². The number of alkyl halides is 3. The van der Waals surface area contributed by atoms with Crippen LogP contribution < -0.4 is 14.5 Å². The average molecular weight is 485 g/mol. The molecule has 0 saturated carbocycles. The minimum Gasteiger partial charge on any atom is -0.406 e. The first-order chi connectivity index (χ1) is 16.7. The van der Waals surface area contributed by atoms with Crippen LogP contribution in [0.15, 0.2) is 54.7 Å². The molecule has 0 bridgehead atoms. The molecule has 2 saturated heterocycles. The molecule has 0 N–H and O–H groups in total. The van der Waals surface area contributed by atoms with Crippen LogP contribution >= 0.6 is 0 Å². The number of anilines is 2. The van der Waals surface area contributed by atoms with E-state index < -0.39 is 6.36 Å². The highest BCUT2D eigenvalue weighted by atomic mass is 19.4. The van der Waals surface area contributed by atoms with Crippen molar-refractivity contribution in [2.45, 2.75) is 51.6 Å². The molecule has 5 nitrogen and oxygen atoms in total. The Labute approximate surface area is 204 Å². The van der Waals surface area contributed by atoms with E-state index in [1.807, 2.05) is 6.20 Å². The zero-order valence-corrected chi connectivity index (χ0v) is 20.2. The van der Waals surface area contributed by atoms with Crippen molar-refractivity contribution in [2.24, 2.45) is 0 Å². The zero-order valence-electron chi connectivity index (χ0n) is 20.2. The van der Waals surface area contributed by atoms with Gasteiger partial charge in [0, 0.05) is 54.7 Å². The Morgan fingerprint density at radius 2 is 1.63 bits per heavy atom. The summed E-state index contributed by atoms with van der Waals surface area (Å²) in [6, 6.07) is 14.8. The molecule has 2 aliphatic heterocycles. The lowest BCUT2D eigenvalue weighted by Crippen LogP contribution is -2.39. The van der Waals surface area contributed by atoms with E-state index in [0.717, 1.165) is 42.8 Å². The van der Waals surface area contributed by atoms with Gasteiger partial charge in [-0.05, 0) is 81.1 Å². The average Bonchev–Trinajstić information content (AvgIpc) is 3.13. The van der Waals surface area contributed by atoms with Crippen molar-refractivity contribution in [3.63, 3.8) is 0 Å². The number of hydrogen-bond acceptors (Lipinski definition) is 5. The van der Waals surface area contributed by atoms with Crippen LogP contribution in [0.25, 0.3) is 10.9 Å². The topological polar surface area (TPSA) is 31.8 Å².